The van der Waals surface area contributed by atoms with E-state index in [4.69, 9.17) is 4.74 Å². The zero-order valence-electron chi connectivity index (χ0n) is 18.2. The fourth-order valence-electron chi connectivity index (χ4n) is 4.15. The second kappa shape index (κ2) is 10.1. The summed E-state index contributed by atoms with van der Waals surface area (Å²) < 4.78 is 5.33. The molecule has 0 saturated carbocycles. The smallest absolute Gasteiger partial charge is 0.256 e. The number of morpholine rings is 1. The molecule has 0 radical (unpaired) electrons. The predicted molar refractivity (Wildman–Crippen MR) is 121 cm³/mol. The van der Waals surface area contributed by atoms with Gasteiger partial charge in [0.2, 0.25) is 0 Å². The maximum Gasteiger partial charge on any atom is 0.256 e. The number of carbonyl (C=O) groups is 2. The highest BCUT2D eigenvalue weighted by atomic mass is 16.5. The van der Waals surface area contributed by atoms with E-state index in [1.165, 1.54) is 18.4 Å². The molecule has 2 aliphatic heterocycles. The Morgan fingerprint density at radius 1 is 0.968 bits per heavy atom. The quantitative estimate of drug-likeness (QED) is 0.801. The predicted octanol–water partition coefficient (Wildman–Crippen LogP) is 3.64. The normalized spacial score (nSPS) is 18.0. The van der Waals surface area contributed by atoms with Crippen LogP contribution in [-0.2, 0) is 11.3 Å². The van der Waals surface area contributed by atoms with Crippen LogP contribution in [-0.4, -0.2) is 61.0 Å². The van der Waals surface area contributed by atoms with E-state index in [1.54, 1.807) is 17.0 Å². The van der Waals surface area contributed by atoms with Crippen LogP contribution in [0.3, 0.4) is 0 Å². The molecule has 2 fully saturated rings. The van der Waals surface area contributed by atoms with Crippen molar-refractivity contribution in [2.24, 2.45) is 5.92 Å². The fourth-order valence-corrected chi connectivity index (χ4v) is 4.15. The van der Waals surface area contributed by atoms with Gasteiger partial charge >= 0.3 is 0 Å². The lowest BCUT2D eigenvalue weighted by molar-refractivity contribution is 0.0303. The number of rotatable bonds is 5. The number of piperidine rings is 1. The molecular weight excluding hydrogens is 390 g/mol. The molecule has 6 nitrogen and oxygen atoms in total. The van der Waals surface area contributed by atoms with Gasteiger partial charge < -0.3 is 15.0 Å². The minimum atomic E-state index is -0.208. The van der Waals surface area contributed by atoms with Crippen LogP contribution < -0.4 is 5.32 Å². The van der Waals surface area contributed by atoms with Gasteiger partial charge in [-0.3, -0.25) is 14.5 Å². The molecule has 2 amide bonds. The third-order valence-electron chi connectivity index (χ3n) is 6.20. The molecule has 0 bridgehead atoms. The van der Waals surface area contributed by atoms with Crippen molar-refractivity contribution >= 4 is 17.5 Å². The summed E-state index contributed by atoms with van der Waals surface area (Å²) in [5.74, 6) is 0.534. The largest absolute Gasteiger partial charge is 0.378 e. The van der Waals surface area contributed by atoms with E-state index in [2.05, 4.69) is 17.1 Å². The van der Waals surface area contributed by atoms with Crippen molar-refractivity contribution in [1.29, 1.82) is 0 Å². The first kappa shape index (κ1) is 21.5. The number of hydrogen-bond acceptors (Lipinski definition) is 4. The molecule has 31 heavy (non-hydrogen) atoms. The van der Waals surface area contributed by atoms with E-state index in [1.807, 2.05) is 36.4 Å². The van der Waals surface area contributed by atoms with Crippen molar-refractivity contribution in [3.63, 3.8) is 0 Å². The summed E-state index contributed by atoms with van der Waals surface area (Å²) >= 11 is 0. The minimum absolute atomic E-state index is 0.0783. The van der Waals surface area contributed by atoms with Gasteiger partial charge in [-0.2, -0.15) is 0 Å². The summed E-state index contributed by atoms with van der Waals surface area (Å²) in [6.45, 7) is 7.74. The number of anilines is 1. The SMILES string of the molecule is CC1CCN(Cc2ccc(C(=O)Nc3ccccc3C(=O)N3CCOCC3)cc2)CC1. The highest BCUT2D eigenvalue weighted by Gasteiger charge is 2.22. The Hall–Kier alpha value is -2.70. The standard InChI is InChI=1S/C25H31N3O3/c1-19-10-12-27(13-11-19)18-20-6-8-21(9-7-20)24(29)26-23-5-3-2-4-22(23)25(30)28-14-16-31-17-15-28/h2-9,19H,10-18H2,1H3,(H,26,29). The Bertz CT molecular complexity index is 898. The molecule has 2 heterocycles. The van der Waals surface area contributed by atoms with Gasteiger partial charge in [0.05, 0.1) is 24.5 Å². The number of likely N-dealkylation sites (tertiary alicyclic amines) is 1. The topological polar surface area (TPSA) is 61.9 Å². The van der Waals surface area contributed by atoms with Crippen molar-refractivity contribution in [3.05, 3.63) is 65.2 Å². The summed E-state index contributed by atoms with van der Waals surface area (Å²) in [5.41, 5.74) is 2.85. The number of para-hydroxylation sites is 1. The third kappa shape index (κ3) is 5.51. The maximum absolute atomic E-state index is 12.9. The number of hydrogen-bond donors (Lipinski definition) is 1. The molecule has 0 atom stereocenters. The van der Waals surface area contributed by atoms with E-state index in [0.29, 0.717) is 43.1 Å². The summed E-state index contributed by atoms with van der Waals surface area (Å²) in [5, 5.41) is 2.92. The molecule has 1 N–H and O–H groups in total. The summed E-state index contributed by atoms with van der Waals surface area (Å²) in [6.07, 6.45) is 2.51. The van der Waals surface area contributed by atoms with Crippen LogP contribution in [0.1, 0.15) is 46.0 Å². The van der Waals surface area contributed by atoms with Gasteiger partial charge in [0, 0.05) is 25.2 Å². The first-order chi connectivity index (χ1) is 15.1. The number of amides is 2. The summed E-state index contributed by atoms with van der Waals surface area (Å²) in [4.78, 5) is 30.0. The monoisotopic (exact) mass is 421 g/mol. The number of benzene rings is 2. The molecule has 2 aliphatic rings. The summed E-state index contributed by atoms with van der Waals surface area (Å²) in [7, 11) is 0. The lowest BCUT2D eigenvalue weighted by atomic mass is 9.99. The zero-order chi connectivity index (χ0) is 21.6. The maximum atomic E-state index is 12.9. The average Bonchev–Trinajstić information content (AvgIpc) is 2.81. The molecular formula is C25H31N3O3. The molecule has 2 saturated heterocycles. The number of nitrogens with zero attached hydrogens (tertiary/aromatic N) is 2. The zero-order valence-corrected chi connectivity index (χ0v) is 18.2. The molecule has 6 heteroatoms. The Morgan fingerprint density at radius 3 is 2.35 bits per heavy atom. The van der Waals surface area contributed by atoms with E-state index in [0.717, 1.165) is 25.6 Å². The van der Waals surface area contributed by atoms with Crippen LogP contribution in [0.15, 0.2) is 48.5 Å². The lowest BCUT2D eigenvalue weighted by Gasteiger charge is -2.30. The summed E-state index contributed by atoms with van der Waals surface area (Å²) in [6, 6.07) is 15.0. The highest BCUT2D eigenvalue weighted by molar-refractivity contribution is 6.09. The molecule has 0 aliphatic carbocycles. The van der Waals surface area contributed by atoms with Crippen LogP contribution in [0.25, 0.3) is 0 Å². The van der Waals surface area contributed by atoms with Gasteiger partial charge in [0.1, 0.15) is 0 Å². The van der Waals surface area contributed by atoms with E-state index in [-0.39, 0.29) is 11.8 Å². The molecule has 2 aromatic carbocycles. The number of ether oxygens (including phenoxy) is 1. The fraction of sp³-hybridized carbons (Fsp3) is 0.440. The van der Waals surface area contributed by atoms with Gasteiger partial charge in [0.15, 0.2) is 0 Å². The molecule has 164 valence electrons. The average molecular weight is 422 g/mol. The first-order valence-electron chi connectivity index (χ1n) is 11.2. The van der Waals surface area contributed by atoms with Gasteiger partial charge in [0.25, 0.3) is 11.8 Å². The number of carbonyl (C=O) groups excluding carboxylic acids is 2. The van der Waals surface area contributed by atoms with Gasteiger partial charge in [-0.15, -0.1) is 0 Å². The van der Waals surface area contributed by atoms with Crippen molar-refractivity contribution in [2.75, 3.05) is 44.7 Å². The molecule has 2 aromatic rings. The van der Waals surface area contributed by atoms with Crippen molar-refractivity contribution in [2.45, 2.75) is 26.3 Å². The molecule has 0 spiro atoms. The first-order valence-corrected chi connectivity index (χ1v) is 11.2. The minimum Gasteiger partial charge on any atom is -0.378 e. The second-order valence-corrected chi connectivity index (χ2v) is 8.56. The van der Waals surface area contributed by atoms with Crippen LogP contribution >= 0.6 is 0 Å². The third-order valence-corrected chi connectivity index (χ3v) is 6.20. The van der Waals surface area contributed by atoms with Gasteiger partial charge in [-0.1, -0.05) is 31.2 Å². The Kier molecular flexibility index (Phi) is 6.99. The Labute approximate surface area is 184 Å². The second-order valence-electron chi connectivity index (χ2n) is 8.56. The Morgan fingerprint density at radius 2 is 1.65 bits per heavy atom. The van der Waals surface area contributed by atoms with Crippen LogP contribution in [0, 0.1) is 5.92 Å². The van der Waals surface area contributed by atoms with Gasteiger partial charge in [-0.25, -0.2) is 0 Å². The Balaban J connectivity index is 1.40. The van der Waals surface area contributed by atoms with Crippen molar-refractivity contribution < 1.29 is 14.3 Å². The van der Waals surface area contributed by atoms with E-state index >= 15 is 0 Å². The highest BCUT2D eigenvalue weighted by Crippen LogP contribution is 2.21. The number of nitrogens with one attached hydrogen (secondary N) is 1. The van der Waals surface area contributed by atoms with E-state index in [9.17, 15) is 9.59 Å². The molecule has 0 unspecified atom stereocenters. The van der Waals surface area contributed by atoms with Crippen LogP contribution in [0.4, 0.5) is 5.69 Å². The van der Waals surface area contributed by atoms with Crippen molar-refractivity contribution in [3.8, 4) is 0 Å². The van der Waals surface area contributed by atoms with Crippen LogP contribution in [0.5, 0.6) is 0 Å². The van der Waals surface area contributed by atoms with E-state index < -0.39 is 0 Å². The molecule has 0 aromatic heterocycles. The van der Waals surface area contributed by atoms with Gasteiger partial charge in [-0.05, 0) is 61.7 Å². The molecule has 4 rings (SSSR count). The van der Waals surface area contributed by atoms with Crippen molar-refractivity contribution in [1.82, 2.24) is 9.80 Å². The van der Waals surface area contributed by atoms with Crippen LogP contribution in [0.2, 0.25) is 0 Å². The lowest BCUT2D eigenvalue weighted by Crippen LogP contribution is -2.41.